The molecule has 0 saturated heterocycles. The summed E-state index contributed by atoms with van der Waals surface area (Å²) in [6.07, 6.45) is 4.20. The van der Waals surface area contributed by atoms with Gasteiger partial charge in [0.2, 0.25) is 11.8 Å². The lowest BCUT2D eigenvalue weighted by atomic mass is 10.1. The van der Waals surface area contributed by atoms with Crippen molar-refractivity contribution in [3.05, 3.63) is 24.0 Å². The Hall–Kier alpha value is -2.15. The zero-order valence-corrected chi connectivity index (χ0v) is 11.5. The minimum Gasteiger partial charge on any atom is -0.360 e. The summed E-state index contributed by atoms with van der Waals surface area (Å²) in [5, 5.41) is 6.22. The molecule has 1 aliphatic carbocycles. The van der Waals surface area contributed by atoms with Gasteiger partial charge in [0.25, 0.3) is 0 Å². The highest BCUT2D eigenvalue weighted by molar-refractivity contribution is 5.94. The standard InChI is InChI=1S/C13H18N4O3/c1-8-5-11(16-20-8)15-12(18)7-17(2)13(19)9-3-4-10(14)6-9/h3-5,9-10H,6-7,14H2,1-2H3,(H,15,16,18). The Morgan fingerprint density at radius 1 is 1.55 bits per heavy atom. The fourth-order valence-corrected chi connectivity index (χ4v) is 2.09. The molecule has 7 heteroatoms. The summed E-state index contributed by atoms with van der Waals surface area (Å²) in [7, 11) is 1.59. The number of nitrogens with one attached hydrogen (secondary N) is 1. The van der Waals surface area contributed by atoms with Gasteiger partial charge in [-0.2, -0.15) is 0 Å². The highest BCUT2D eigenvalue weighted by atomic mass is 16.5. The molecule has 1 aromatic heterocycles. The van der Waals surface area contributed by atoms with Gasteiger partial charge in [0.15, 0.2) is 5.82 Å². The van der Waals surface area contributed by atoms with Crippen LogP contribution in [0.2, 0.25) is 0 Å². The monoisotopic (exact) mass is 278 g/mol. The highest BCUT2D eigenvalue weighted by Crippen LogP contribution is 2.18. The number of amides is 2. The number of rotatable bonds is 4. The first-order valence-electron chi connectivity index (χ1n) is 6.38. The molecule has 2 unspecified atom stereocenters. The van der Waals surface area contributed by atoms with Crippen LogP contribution in [0.15, 0.2) is 22.7 Å². The molecule has 0 aromatic carbocycles. The van der Waals surface area contributed by atoms with Crippen LogP contribution in [0.5, 0.6) is 0 Å². The van der Waals surface area contributed by atoms with Gasteiger partial charge in [0.05, 0.1) is 12.5 Å². The van der Waals surface area contributed by atoms with Crippen molar-refractivity contribution < 1.29 is 14.1 Å². The Morgan fingerprint density at radius 2 is 2.30 bits per heavy atom. The van der Waals surface area contributed by atoms with Crippen LogP contribution in [0.3, 0.4) is 0 Å². The summed E-state index contributed by atoms with van der Waals surface area (Å²) in [4.78, 5) is 25.3. The van der Waals surface area contributed by atoms with Gasteiger partial charge in [-0.15, -0.1) is 0 Å². The molecule has 7 nitrogen and oxygen atoms in total. The smallest absolute Gasteiger partial charge is 0.245 e. The van der Waals surface area contributed by atoms with E-state index in [1.165, 1.54) is 4.90 Å². The third-order valence-electron chi connectivity index (χ3n) is 3.09. The first kappa shape index (κ1) is 14.3. The maximum atomic E-state index is 12.1. The van der Waals surface area contributed by atoms with E-state index in [-0.39, 0.29) is 30.3 Å². The SMILES string of the molecule is Cc1cc(NC(=O)CN(C)C(=O)C2C=CC(N)C2)no1. The third-order valence-corrected chi connectivity index (χ3v) is 3.09. The zero-order chi connectivity index (χ0) is 14.7. The van der Waals surface area contributed by atoms with Crippen molar-refractivity contribution >= 4 is 17.6 Å². The predicted octanol–water partition coefficient (Wildman–Crippen LogP) is 0.283. The highest BCUT2D eigenvalue weighted by Gasteiger charge is 2.26. The lowest BCUT2D eigenvalue weighted by Gasteiger charge is -2.19. The number of carbonyl (C=O) groups excluding carboxylic acids is 2. The molecule has 1 aliphatic rings. The van der Waals surface area contributed by atoms with Crippen molar-refractivity contribution in [2.75, 3.05) is 18.9 Å². The van der Waals surface area contributed by atoms with Crippen LogP contribution in [0.1, 0.15) is 12.2 Å². The predicted molar refractivity (Wildman–Crippen MR) is 72.7 cm³/mol. The number of anilines is 1. The van der Waals surface area contributed by atoms with E-state index in [0.717, 1.165) is 0 Å². The maximum absolute atomic E-state index is 12.1. The molecule has 2 atom stereocenters. The van der Waals surface area contributed by atoms with Crippen molar-refractivity contribution in [1.29, 1.82) is 0 Å². The van der Waals surface area contributed by atoms with E-state index in [4.69, 9.17) is 10.3 Å². The van der Waals surface area contributed by atoms with E-state index in [9.17, 15) is 9.59 Å². The second kappa shape index (κ2) is 5.87. The fraction of sp³-hybridized carbons (Fsp3) is 0.462. The number of carbonyl (C=O) groups is 2. The largest absolute Gasteiger partial charge is 0.360 e. The number of nitrogens with two attached hydrogens (primary N) is 1. The van der Waals surface area contributed by atoms with E-state index >= 15 is 0 Å². The van der Waals surface area contributed by atoms with Gasteiger partial charge >= 0.3 is 0 Å². The Labute approximate surface area is 116 Å². The molecular weight excluding hydrogens is 260 g/mol. The first-order chi connectivity index (χ1) is 9.45. The maximum Gasteiger partial charge on any atom is 0.245 e. The number of nitrogens with zero attached hydrogens (tertiary/aromatic N) is 2. The van der Waals surface area contributed by atoms with E-state index in [0.29, 0.717) is 18.0 Å². The van der Waals surface area contributed by atoms with Gasteiger partial charge in [-0.05, 0) is 13.3 Å². The number of aromatic nitrogens is 1. The summed E-state index contributed by atoms with van der Waals surface area (Å²) in [5.41, 5.74) is 5.71. The van der Waals surface area contributed by atoms with Crippen molar-refractivity contribution in [3.63, 3.8) is 0 Å². The zero-order valence-electron chi connectivity index (χ0n) is 11.5. The van der Waals surface area contributed by atoms with Crippen LogP contribution in [-0.4, -0.2) is 41.5 Å². The van der Waals surface area contributed by atoms with Gasteiger partial charge < -0.3 is 20.5 Å². The number of hydrogen-bond donors (Lipinski definition) is 2. The number of likely N-dealkylation sites (N-methyl/N-ethyl adjacent to an activating group) is 1. The molecule has 2 rings (SSSR count). The molecular formula is C13H18N4O3. The topological polar surface area (TPSA) is 101 Å². The Bertz CT molecular complexity index is 537. The molecule has 3 N–H and O–H groups in total. The molecule has 0 bridgehead atoms. The molecule has 20 heavy (non-hydrogen) atoms. The van der Waals surface area contributed by atoms with Crippen LogP contribution in [0.4, 0.5) is 5.82 Å². The average molecular weight is 278 g/mol. The summed E-state index contributed by atoms with van der Waals surface area (Å²) in [6.45, 7) is 1.69. The molecule has 0 fully saturated rings. The van der Waals surface area contributed by atoms with E-state index in [1.807, 2.05) is 6.08 Å². The van der Waals surface area contributed by atoms with Gasteiger partial charge in [0, 0.05) is 19.2 Å². The van der Waals surface area contributed by atoms with Crippen LogP contribution < -0.4 is 11.1 Å². The first-order valence-corrected chi connectivity index (χ1v) is 6.38. The van der Waals surface area contributed by atoms with Crippen LogP contribution in [0.25, 0.3) is 0 Å². The Kier molecular flexibility index (Phi) is 4.19. The lowest BCUT2D eigenvalue weighted by Crippen LogP contribution is -2.38. The summed E-state index contributed by atoms with van der Waals surface area (Å²) in [5.74, 6) is 0.282. The molecule has 0 aliphatic heterocycles. The van der Waals surface area contributed by atoms with Gasteiger partial charge in [-0.1, -0.05) is 17.3 Å². The van der Waals surface area contributed by atoms with E-state index in [1.54, 1.807) is 26.1 Å². The molecule has 108 valence electrons. The summed E-state index contributed by atoms with van der Waals surface area (Å²) in [6, 6.07) is 1.53. The fourth-order valence-electron chi connectivity index (χ4n) is 2.09. The van der Waals surface area contributed by atoms with Crippen molar-refractivity contribution in [3.8, 4) is 0 Å². The molecule has 1 aromatic rings. The van der Waals surface area contributed by atoms with Crippen LogP contribution >= 0.6 is 0 Å². The molecule has 0 spiro atoms. The average Bonchev–Trinajstić information content (AvgIpc) is 2.97. The molecule has 0 radical (unpaired) electrons. The minimum atomic E-state index is -0.319. The van der Waals surface area contributed by atoms with E-state index in [2.05, 4.69) is 10.5 Å². The number of hydrogen-bond acceptors (Lipinski definition) is 5. The van der Waals surface area contributed by atoms with Crippen LogP contribution in [-0.2, 0) is 9.59 Å². The lowest BCUT2D eigenvalue weighted by molar-refractivity contribution is -0.135. The molecule has 0 saturated carbocycles. The second-order valence-electron chi connectivity index (χ2n) is 4.96. The normalized spacial score (nSPS) is 20.9. The Morgan fingerprint density at radius 3 is 2.85 bits per heavy atom. The van der Waals surface area contributed by atoms with Gasteiger partial charge in [0.1, 0.15) is 5.76 Å². The number of aryl methyl sites for hydroxylation is 1. The van der Waals surface area contributed by atoms with Crippen molar-refractivity contribution in [2.45, 2.75) is 19.4 Å². The Balaban J connectivity index is 1.84. The van der Waals surface area contributed by atoms with Gasteiger partial charge in [-0.25, -0.2) is 0 Å². The second-order valence-corrected chi connectivity index (χ2v) is 4.96. The van der Waals surface area contributed by atoms with E-state index < -0.39 is 0 Å². The quantitative estimate of drug-likeness (QED) is 0.770. The van der Waals surface area contributed by atoms with Gasteiger partial charge in [-0.3, -0.25) is 9.59 Å². The summed E-state index contributed by atoms with van der Waals surface area (Å²) < 4.78 is 4.84. The molecule has 2 amide bonds. The minimum absolute atomic E-state index is 0.0374. The van der Waals surface area contributed by atoms with Crippen molar-refractivity contribution in [1.82, 2.24) is 10.1 Å². The van der Waals surface area contributed by atoms with Crippen molar-refractivity contribution in [2.24, 2.45) is 11.7 Å². The van der Waals surface area contributed by atoms with Crippen LogP contribution in [0, 0.1) is 12.8 Å². The summed E-state index contributed by atoms with van der Waals surface area (Å²) >= 11 is 0. The third kappa shape index (κ3) is 3.45. The molecule has 1 heterocycles.